The maximum Gasteiger partial charge on any atom is 0.129 e. The summed E-state index contributed by atoms with van der Waals surface area (Å²) in [5.74, 6) is 1.85. The third kappa shape index (κ3) is 2.06. The summed E-state index contributed by atoms with van der Waals surface area (Å²) in [6.45, 7) is 4.16. The molecule has 0 amide bonds. The molecule has 0 saturated heterocycles. The molecule has 1 aromatic heterocycles. The number of nitrogens with zero attached hydrogens (tertiary/aromatic N) is 2. The van der Waals surface area contributed by atoms with Gasteiger partial charge in [0.1, 0.15) is 5.82 Å². The monoisotopic (exact) mass is 175 g/mol. The zero-order valence-corrected chi connectivity index (χ0v) is 8.30. The minimum atomic E-state index is 0.862. The fourth-order valence-electron chi connectivity index (χ4n) is 1.49. The average Bonchev–Trinajstić information content (AvgIpc) is 2.92. The van der Waals surface area contributed by atoms with Crippen molar-refractivity contribution >= 4 is 0 Å². The van der Waals surface area contributed by atoms with E-state index in [4.69, 9.17) is 0 Å². The first kappa shape index (κ1) is 8.67. The predicted octanol–water partition coefficient (Wildman–Crippen LogP) is 2.10. The lowest BCUT2D eigenvalue weighted by Crippen LogP contribution is -2.02. The molecule has 69 valence electrons. The molecule has 1 aliphatic carbocycles. The summed E-state index contributed by atoms with van der Waals surface area (Å²) in [6, 6.07) is 0. The molecule has 1 fully saturated rings. The Balaban J connectivity index is 2.16. The molecule has 2 rings (SSSR count). The predicted molar refractivity (Wildman–Crippen MR) is 51.4 cm³/mol. The molecule has 0 unspecified atom stereocenters. The first-order valence-corrected chi connectivity index (χ1v) is 5.03. The third-order valence-electron chi connectivity index (χ3n) is 2.55. The van der Waals surface area contributed by atoms with Crippen LogP contribution in [-0.2, 0) is 12.8 Å². The second-order valence-electron chi connectivity index (χ2n) is 3.82. The zero-order chi connectivity index (χ0) is 9.26. The highest BCUT2D eigenvalue weighted by Crippen LogP contribution is 2.31. The SMILES string of the molecule is CCc1nc(CC2CC2)n[c]c1C. The fraction of sp³-hybridized carbons (Fsp3) is 0.636. The maximum atomic E-state index is 4.53. The normalized spacial score (nSPS) is 16.2. The molecule has 0 aromatic carbocycles. The van der Waals surface area contributed by atoms with E-state index in [1.54, 1.807) is 0 Å². The minimum Gasteiger partial charge on any atom is -0.238 e. The van der Waals surface area contributed by atoms with Gasteiger partial charge < -0.3 is 0 Å². The summed E-state index contributed by atoms with van der Waals surface area (Å²) >= 11 is 0. The van der Waals surface area contributed by atoms with Gasteiger partial charge in [-0.1, -0.05) is 6.92 Å². The molecule has 1 aliphatic rings. The van der Waals surface area contributed by atoms with E-state index in [2.05, 4.69) is 23.1 Å². The molecule has 0 aliphatic heterocycles. The fourth-order valence-corrected chi connectivity index (χ4v) is 1.49. The smallest absolute Gasteiger partial charge is 0.129 e. The van der Waals surface area contributed by atoms with E-state index in [9.17, 15) is 0 Å². The lowest BCUT2D eigenvalue weighted by atomic mass is 10.2. The van der Waals surface area contributed by atoms with Crippen molar-refractivity contribution in [1.29, 1.82) is 0 Å². The van der Waals surface area contributed by atoms with Crippen LogP contribution in [0.3, 0.4) is 0 Å². The van der Waals surface area contributed by atoms with Crippen LogP contribution >= 0.6 is 0 Å². The molecule has 2 nitrogen and oxygen atoms in total. The van der Waals surface area contributed by atoms with Gasteiger partial charge >= 0.3 is 0 Å². The zero-order valence-electron chi connectivity index (χ0n) is 8.30. The summed E-state index contributed by atoms with van der Waals surface area (Å²) in [7, 11) is 0. The van der Waals surface area contributed by atoms with Crippen LogP contribution in [0.1, 0.15) is 36.8 Å². The highest BCUT2D eigenvalue weighted by molar-refractivity contribution is 5.14. The maximum absolute atomic E-state index is 4.53. The Bertz CT molecular complexity index is 303. The molecule has 1 radical (unpaired) electrons. The molecule has 0 N–H and O–H groups in total. The van der Waals surface area contributed by atoms with E-state index in [1.807, 2.05) is 6.92 Å². The number of rotatable bonds is 3. The van der Waals surface area contributed by atoms with E-state index < -0.39 is 0 Å². The molecule has 0 atom stereocenters. The summed E-state index contributed by atoms with van der Waals surface area (Å²) < 4.78 is 0. The standard InChI is InChI=1S/C11H15N2/c1-3-10-8(2)7-12-11(13-10)6-9-4-5-9/h9H,3-6H2,1-2H3. The average molecular weight is 175 g/mol. The lowest BCUT2D eigenvalue weighted by Gasteiger charge is -2.03. The van der Waals surface area contributed by atoms with Crippen LogP contribution in [0.15, 0.2) is 0 Å². The molecule has 0 spiro atoms. The first-order chi connectivity index (χ1) is 6.29. The topological polar surface area (TPSA) is 25.8 Å². The van der Waals surface area contributed by atoms with Gasteiger partial charge in [-0.25, -0.2) is 9.97 Å². The number of aromatic nitrogens is 2. The van der Waals surface area contributed by atoms with Crippen molar-refractivity contribution in [3.05, 3.63) is 23.3 Å². The van der Waals surface area contributed by atoms with Gasteiger partial charge in [0.25, 0.3) is 0 Å². The molecule has 13 heavy (non-hydrogen) atoms. The van der Waals surface area contributed by atoms with E-state index in [0.717, 1.165) is 35.8 Å². The Labute approximate surface area is 79.4 Å². The van der Waals surface area contributed by atoms with Gasteiger partial charge in [0.2, 0.25) is 0 Å². The van der Waals surface area contributed by atoms with Crippen molar-refractivity contribution in [3.8, 4) is 0 Å². The van der Waals surface area contributed by atoms with Crippen LogP contribution in [0.5, 0.6) is 0 Å². The second-order valence-corrected chi connectivity index (χ2v) is 3.82. The Kier molecular flexibility index (Phi) is 2.30. The third-order valence-corrected chi connectivity index (χ3v) is 2.55. The van der Waals surface area contributed by atoms with Crippen molar-refractivity contribution in [1.82, 2.24) is 9.97 Å². The quantitative estimate of drug-likeness (QED) is 0.703. The largest absolute Gasteiger partial charge is 0.238 e. The lowest BCUT2D eigenvalue weighted by molar-refractivity contribution is 0.752. The van der Waals surface area contributed by atoms with Gasteiger partial charge in [0, 0.05) is 12.1 Å². The van der Waals surface area contributed by atoms with Crippen LogP contribution in [0.4, 0.5) is 0 Å². The van der Waals surface area contributed by atoms with Gasteiger partial charge in [-0.05, 0) is 37.7 Å². The van der Waals surface area contributed by atoms with Gasteiger partial charge in [0.15, 0.2) is 0 Å². The van der Waals surface area contributed by atoms with E-state index in [0.29, 0.717) is 0 Å². The van der Waals surface area contributed by atoms with Crippen molar-refractivity contribution in [2.75, 3.05) is 0 Å². The summed E-state index contributed by atoms with van der Waals surface area (Å²) in [5, 5.41) is 0. The minimum absolute atomic E-state index is 0.862. The van der Waals surface area contributed by atoms with Crippen molar-refractivity contribution in [2.45, 2.75) is 39.5 Å². The van der Waals surface area contributed by atoms with Crippen molar-refractivity contribution in [2.24, 2.45) is 5.92 Å². The van der Waals surface area contributed by atoms with Crippen LogP contribution in [-0.4, -0.2) is 9.97 Å². The van der Waals surface area contributed by atoms with E-state index in [1.165, 1.54) is 12.8 Å². The molecule has 0 bridgehead atoms. The van der Waals surface area contributed by atoms with Crippen LogP contribution in [0.2, 0.25) is 0 Å². The summed E-state index contributed by atoms with van der Waals surface area (Å²) in [5.41, 5.74) is 2.26. The van der Waals surface area contributed by atoms with E-state index in [-0.39, 0.29) is 0 Å². The second kappa shape index (κ2) is 3.44. The van der Waals surface area contributed by atoms with Crippen molar-refractivity contribution in [3.63, 3.8) is 0 Å². The molecule has 1 heterocycles. The molecule has 1 aromatic rings. The van der Waals surface area contributed by atoms with Crippen LogP contribution in [0, 0.1) is 19.0 Å². The summed E-state index contributed by atoms with van der Waals surface area (Å²) in [4.78, 5) is 8.76. The number of aryl methyl sites for hydroxylation is 2. The van der Waals surface area contributed by atoms with Crippen LogP contribution < -0.4 is 0 Å². The Hall–Kier alpha value is -0.920. The number of hydrogen-bond acceptors (Lipinski definition) is 2. The molecular weight excluding hydrogens is 160 g/mol. The van der Waals surface area contributed by atoms with Gasteiger partial charge in [-0.3, -0.25) is 0 Å². The first-order valence-electron chi connectivity index (χ1n) is 5.03. The highest BCUT2D eigenvalue weighted by atomic mass is 14.9. The number of hydrogen-bond donors (Lipinski definition) is 0. The highest BCUT2D eigenvalue weighted by Gasteiger charge is 2.22. The Morgan fingerprint density at radius 1 is 1.46 bits per heavy atom. The van der Waals surface area contributed by atoms with Gasteiger partial charge in [0.05, 0.1) is 6.20 Å². The van der Waals surface area contributed by atoms with Gasteiger partial charge in [-0.15, -0.1) is 0 Å². The molecular formula is C11H15N2. The molecule has 1 saturated carbocycles. The Morgan fingerprint density at radius 3 is 2.85 bits per heavy atom. The van der Waals surface area contributed by atoms with E-state index >= 15 is 0 Å². The van der Waals surface area contributed by atoms with Crippen LogP contribution in [0.25, 0.3) is 0 Å². The van der Waals surface area contributed by atoms with Gasteiger partial charge in [-0.2, -0.15) is 0 Å². The molecule has 2 heteroatoms. The Morgan fingerprint density at radius 2 is 2.23 bits per heavy atom. The van der Waals surface area contributed by atoms with Crippen molar-refractivity contribution < 1.29 is 0 Å². The summed E-state index contributed by atoms with van der Waals surface area (Å²) in [6.07, 6.45) is 7.81.